The van der Waals surface area contributed by atoms with Crippen molar-refractivity contribution in [3.63, 3.8) is 0 Å². The Morgan fingerprint density at radius 1 is 1.53 bits per heavy atom. The van der Waals surface area contributed by atoms with E-state index in [-0.39, 0.29) is 11.5 Å². The smallest absolute Gasteiger partial charge is 0.222 e. The van der Waals surface area contributed by atoms with Gasteiger partial charge in [0.1, 0.15) is 5.02 Å². The Morgan fingerprint density at radius 3 is 2.95 bits per heavy atom. The van der Waals surface area contributed by atoms with Crippen LogP contribution in [0.4, 0.5) is 11.8 Å². The van der Waals surface area contributed by atoms with Crippen LogP contribution < -0.4 is 11.1 Å². The first-order valence-electron chi connectivity index (χ1n) is 6.77. The second kappa shape index (κ2) is 5.92. The number of nitrogens with one attached hydrogen (secondary N) is 1. The number of nitrogens with zero attached hydrogens (tertiary/aromatic N) is 2. The van der Waals surface area contributed by atoms with Crippen LogP contribution in [0.1, 0.15) is 39.5 Å². The molecule has 0 spiro atoms. The number of ether oxygens (including phenoxy) is 1. The third kappa shape index (κ3) is 3.28. The lowest BCUT2D eigenvalue weighted by atomic mass is 9.86. The lowest BCUT2D eigenvalue weighted by Gasteiger charge is -2.40. The Balaban J connectivity index is 2.08. The standard InChI is InChI=1S/C13H21ClN4O/c1-3-13(4-2)7-9(5-6-19-13)17-11-10(14)8-16-12(15)18-11/h8-9H,3-7H2,1-2H3,(H3,15,16,17,18). The highest BCUT2D eigenvalue weighted by atomic mass is 35.5. The van der Waals surface area contributed by atoms with E-state index in [4.69, 9.17) is 22.1 Å². The van der Waals surface area contributed by atoms with Crippen molar-refractivity contribution in [3.05, 3.63) is 11.2 Å². The van der Waals surface area contributed by atoms with Gasteiger partial charge in [0.25, 0.3) is 0 Å². The average molecular weight is 285 g/mol. The summed E-state index contributed by atoms with van der Waals surface area (Å²) in [5, 5.41) is 3.87. The minimum atomic E-state index is -0.0268. The van der Waals surface area contributed by atoms with Gasteiger partial charge in [0.05, 0.1) is 11.8 Å². The first kappa shape index (κ1) is 14.3. The summed E-state index contributed by atoms with van der Waals surface area (Å²) in [7, 11) is 0. The SMILES string of the molecule is CCC1(CC)CC(Nc2nc(N)ncc2Cl)CCO1. The fourth-order valence-corrected chi connectivity index (χ4v) is 2.71. The number of aromatic nitrogens is 2. The molecule has 3 N–H and O–H groups in total. The molecule has 0 saturated carbocycles. The van der Waals surface area contributed by atoms with E-state index in [9.17, 15) is 0 Å². The molecule has 2 heterocycles. The fraction of sp³-hybridized carbons (Fsp3) is 0.692. The molecule has 0 aromatic carbocycles. The van der Waals surface area contributed by atoms with Crippen molar-refractivity contribution in [2.75, 3.05) is 17.7 Å². The maximum Gasteiger partial charge on any atom is 0.222 e. The van der Waals surface area contributed by atoms with Gasteiger partial charge >= 0.3 is 0 Å². The molecule has 0 aliphatic carbocycles. The predicted molar refractivity (Wildman–Crippen MR) is 77.4 cm³/mol. The summed E-state index contributed by atoms with van der Waals surface area (Å²) < 4.78 is 5.96. The molecule has 1 saturated heterocycles. The molecule has 2 rings (SSSR count). The molecule has 1 unspecified atom stereocenters. The number of hydrogen-bond acceptors (Lipinski definition) is 5. The van der Waals surface area contributed by atoms with Crippen LogP contribution in [-0.2, 0) is 4.74 Å². The number of hydrogen-bond donors (Lipinski definition) is 2. The number of anilines is 2. The van der Waals surface area contributed by atoms with E-state index in [0.717, 1.165) is 32.3 Å². The van der Waals surface area contributed by atoms with Gasteiger partial charge in [-0.3, -0.25) is 0 Å². The van der Waals surface area contributed by atoms with E-state index in [0.29, 0.717) is 16.9 Å². The van der Waals surface area contributed by atoms with Gasteiger partial charge in [-0.2, -0.15) is 4.98 Å². The molecule has 106 valence electrons. The molecule has 1 aromatic heterocycles. The van der Waals surface area contributed by atoms with Crippen LogP contribution in [0.15, 0.2) is 6.20 Å². The Morgan fingerprint density at radius 2 is 2.26 bits per heavy atom. The molecule has 1 atom stereocenters. The third-order valence-electron chi connectivity index (χ3n) is 3.89. The van der Waals surface area contributed by atoms with Crippen molar-refractivity contribution in [2.45, 2.75) is 51.2 Å². The van der Waals surface area contributed by atoms with Crippen LogP contribution in [0.25, 0.3) is 0 Å². The van der Waals surface area contributed by atoms with Crippen LogP contribution in [-0.4, -0.2) is 28.2 Å². The maximum absolute atomic E-state index is 6.08. The first-order chi connectivity index (χ1) is 9.08. The van der Waals surface area contributed by atoms with Crippen molar-refractivity contribution >= 4 is 23.4 Å². The largest absolute Gasteiger partial charge is 0.375 e. The molecule has 5 nitrogen and oxygen atoms in total. The monoisotopic (exact) mass is 284 g/mol. The van der Waals surface area contributed by atoms with E-state index in [2.05, 4.69) is 29.1 Å². The van der Waals surface area contributed by atoms with Crippen molar-refractivity contribution in [3.8, 4) is 0 Å². The topological polar surface area (TPSA) is 73.1 Å². The zero-order valence-electron chi connectivity index (χ0n) is 11.4. The summed E-state index contributed by atoms with van der Waals surface area (Å²) in [6.45, 7) is 5.10. The summed E-state index contributed by atoms with van der Waals surface area (Å²) >= 11 is 6.08. The van der Waals surface area contributed by atoms with Crippen LogP contribution in [0.3, 0.4) is 0 Å². The normalized spacial score (nSPS) is 22.2. The van der Waals surface area contributed by atoms with Gasteiger partial charge in [-0.05, 0) is 25.7 Å². The van der Waals surface area contributed by atoms with Gasteiger partial charge < -0.3 is 15.8 Å². The molecular formula is C13H21ClN4O. The number of halogens is 1. The van der Waals surface area contributed by atoms with Crippen molar-refractivity contribution in [1.29, 1.82) is 0 Å². The van der Waals surface area contributed by atoms with Crippen molar-refractivity contribution < 1.29 is 4.74 Å². The van der Waals surface area contributed by atoms with Gasteiger partial charge in [-0.15, -0.1) is 0 Å². The molecule has 1 aromatic rings. The molecule has 1 aliphatic rings. The van der Waals surface area contributed by atoms with Gasteiger partial charge in [0.15, 0.2) is 5.82 Å². The molecule has 1 aliphatic heterocycles. The highest BCUT2D eigenvalue weighted by molar-refractivity contribution is 6.32. The Kier molecular flexibility index (Phi) is 4.47. The third-order valence-corrected chi connectivity index (χ3v) is 4.16. The second-order valence-corrected chi connectivity index (χ2v) is 5.40. The summed E-state index contributed by atoms with van der Waals surface area (Å²) in [5.41, 5.74) is 5.57. The van der Waals surface area contributed by atoms with E-state index in [1.54, 1.807) is 0 Å². The van der Waals surface area contributed by atoms with Gasteiger partial charge in [-0.1, -0.05) is 25.4 Å². The van der Waals surface area contributed by atoms with E-state index >= 15 is 0 Å². The number of nitrogen functional groups attached to an aromatic ring is 1. The summed E-state index contributed by atoms with van der Waals surface area (Å²) in [6.07, 6.45) is 5.46. The predicted octanol–water partition coefficient (Wildman–Crippen LogP) is 2.86. The summed E-state index contributed by atoms with van der Waals surface area (Å²) in [5.74, 6) is 0.846. The van der Waals surface area contributed by atoms with Crippen molar-refractivity contribution in [1.82, 2.24) is 9.97 Å². The highest BCUT2D eigenvalue weighted by Crippen LogP contribution is 2.33. The van der Waals surface area contributed by atoms with E-state index in [1.165, 1.54) is 6.20 Å². The molecule has 0 radical (unpaired) electrons. The fourth-order valence-electron chi connectivity index (χ4n) is 2.57. The molecule has 0 bridgehead atoms. The molecule has 0 amide bonds. The summed E-state index contributed by atoms with van der Waals surface area (Å²) in [4.78, 5) is 8.01. The second-order valence-electron chi connectivity index (χ2n) is 5.00. The van der Waals surface area contributed by atoms with Crippen LogP contribution >= 0.6 is 11.6 Å². The van der Waals surface area contributed by atoms with Gasteiger partial charge in [0, 0.05) is 12.6 Å². The minimum Gasteiger partial charge on any atom is -0.375 e. The van der Waals surface area contributed by atoms with Crippen LogP contribution in [0.2, 0.25) is 5.02 Å². The molecule has 1 fully saturated rings. The lowest BCUT2D eigenvalue weighted by molar-refractivity contribution is -0.0864. The minimum absolute atomic E-state index is 0.0268. The van der Waals surface area contributed by atoms with Crippen molar-refractivity contribution in [2.24, 2.45) is 0 Å². The zero-order valence-corrected chi connectivity index (χ0v) is 12.2. The lowest BCUT2D eigenvalue weighted by Crippen LogP contribution is -2.43. The number of rotatable bonds is 4. The molecular weight excluding hydrogens is 264 g/mol. The Hall–Kier alpha value is -1.07. The zero-order chi connectivity index (χ0) is 13.9. The van der Waals surface area contributed by atoms with E-state index < -0.39 is 0 Å². The van der Waals surface area contributed by atoms with Crippen LogP contribution in [0.5, 0.6) is 0 Å². The van der Waals surface area contributed by atoms with E-state index in [1.807, 2.05) is 0 Å². The Bertz CT molecular complexity index is 437. The van der Waals surface area contributed by atoms with Gasteiger partial charge in [0.2, 0.25) is 5.95 Å². The quantitative estimate of drug-likeness (QED) is 0.889. The number of nitrogens with two attached hydrogens (primary N) is 1. The molecule has 6 heteroatoms. The Labute approximate surface area is 118 Å². The van der Waals surface area contributed by atoms with Crippen LogP contribution in [0, 0.1) is 0 Å². The first-order valence-corrected chi connectivity index (χ1v) is 7.15. The summed E-state index contributed by atoms with van der Waals surface area (Å²) in [6, 6.07) is 0.306. The highest BCUT2D eigenvalue weighted by Gasteiger charge is 2.34. The van der Waals surface area contributed by atoms with Gasteiger partial charge in [-0.25, -0.2) is 4.98 Å². The molecule has 19 heavy (non-hydrogen) atoms. The maximum atomic E-state index is 6.08. The average Bonchev–Trinajstić information content (AvgIpc) is 2.43.